The summed E-state index contributed by atoms with van der Waals surface area (Å²) in [6.45, 7) is 8.79. The Kier molecular flexibility index (Phi) is 3.83. The lowest BCUT2D eigenvalue weighted by molar-refractivity contribution is 0.590. The van der Waals surface area contributed by atoms with Gasteiger partial charge in [-0.25, -0.2) is 4.98 Å². The maximum Gasteiger partial charge on any atom is 0.124 e. The topological polar surface area (TPSA) is 12.9 Å². The Hall–Kier alpha value is -0.800. The molecule has 0 aliphatic heterocycles. The molecular formula is C15H19NS2. The number of thiazole rings is 1. The van der Waals surface area contributed by atoms with E-state index in [1.807, 2.05) is 0 Å². The van der Waals surface area contributed by atoms with E-state index in [0.29, 0.717) is 0 Å². The highest BCUT2D eigenvalue weighted by atomic mass is 32.2. The lowest BCUT2D eigenvalue weighted by Gasteiger charge is -2.18. The van der Waals surface area contributed by atoms with E-state index in [1.54, 1.807) is 23.1 Å². The molecule has 1 nitrogen and oxygen atoms in total. The minimum Gasteiger partial charge on any atom is -0.240 e. The lowest BCUT2D eigenvalue weighted by atomic mass is 9.87. The monoisotopic (exact) mass is 277 g/mol. The van der Waals surface area contributed by atoms with E-state index in [9.17, 15) is 0 Å². The van der Waals surface area contributed by atoms with Gasteiger partial charge in [-0.2, -0.15) is 0 Å². The van der Waals surface area contributed by atoms with E-state index in [-0.39, 0.29) is 5.41 Å². The Morgan fingerprint density at radius 1 is 1.11 bits per heavy atom. The third kappa shape index (κ3) is 2.78. The molecule has 0 radical (unpaired) electrons. The lowest BCUT2D eigenvalue weighted by Crippen LogP contribution is -2.10. The quantitative estimate of drug-likeness (QED) is 0.705. The van der Waals surface area contributed by atoms with Gasteiger partial charge in [0.2, 0.25) is 0 Å². The van der Waals surface area contributed by atoms with Crippen LogP contribution in [0.3, 0.4) is 0 Å². The zero-order valence-electron chi connectivity index (χ0n) is 11.6. The van der Waals surface area contributed by atoms with Crippen LogP contribution in [0.4, 0.5) is 0 Å². The smallest absolute Gasteiger partial charge is 0.124 e. The zero-order chi connectivity index (χ0) is 13.3. The van der Waals surface area contributed by atoms with Crippen molar-refractivity contribution < 1.29 is 0 Å². The summed E-state index contributed by atoms with van der Waals surface area (Å²) in [6.07, 6.45) is 2.10. The van der Waals surface area contributed by atoms with Gasteiger partial charge in [-0.15, -0.1) is 23.1 Å². The molecule has 18 heavy (non-hydrogen) atoms. The molecule has 96 valence electrons. The molecule has 0 atom stereocenters. The summed E-state index contributed by atoms with van der Waals surface area (Å²) >= 11 is 3.55. The number of benzene rings is 1. The SMILES string of the molecule is CSc1sc(-c2ccc(C(C)(C)C)cc2)nc1C. The van der Waals surface area contributed by atoms with Crippen LogP contribution in [0.1, 0.15) is 32.0 Å². The van der Waals surface area contributed by atoms with Crippen LogP contribution in [0.5, 0.6) is 0 Å². The van der Waals surface area contributed by atoms with Gasteiger partial charge in [0.1, 0.15) is 5.01 Å². The first-order valence-electron chi connectivity index (χ1n) is 6.04. The van der Waals surface area contributed by atoms with Crippen molar-refractivity contribution in [1.82, 2.24) is 4.98 Å². The molecule has 0 unspecified atom stereocenters. The van der Waals surface area contributed by atoms with E-state index in [2.05, 4.69) is 63.2 Å². The van der Waals surface area contributed by atoms with Gasteiger partial charge < -0.3 is 0 Å². The number of thioether (sulfide) groups is 1. The summed E-state index contributed by atoms with van der Waals surface area (Å²) in [5, 5.41) is 1.12. The fourth-order valence-electron chi connectivity index (χ4n) is 1.81. The number of aromatic nitrogens is 1. The van der Waals surface area contributed by atoms with Crippen LogP contribution in [0.15, 0.2) is 28.5 Å². The minimum absolute atomic E-state index is 0.210. The van der Waals surface area contributed by atoms with E-state index in [4.69, 9.17) is 0 Å². The third-order valence-electron chi connectivity index (χ3n) is 2.94. The fraction of sp³-hybridized carbons (Fsp3) is 0.400. The van der Waals surface area contributed by atoms with Crippen molar-refractivity contribution in [3.05, 3.63) is 35.5 Å². The van der Waals surface area contributed by atoms with Gasteiger partial charge in [0.05, 0.1) is 9.90 Å². The van der Waals surface area contributed by atoms with Crippen LogP contribution < -0.4 is 0 Å². The first-order chi connectivity index (χ1) is 8.41. The number of aryl methyl sites for hydroxylation is 1. The first-order valence-corrected chi connectivity index (χ1v) is 8.08. The van der Waals surface area contributed by atoms with Gasteiger partial charge in [0.25, 0.3) is 0 Å². The highest BCUT2D eigenvalue weighted by Crippen LogP contribution is 2.34. The molecule has 0 aliphatic carbocycles. The average molecular weight is 277 g/mol. The third-order valence-corrected chi connectivity index (χ3v) is 5.35. The van der Waals surface area contributed by atoms with Gasteiger partial charge in [-0.05, 0) is 24.2 Å². The van der Waals surface area contributed by atoms with Crippen molar-refractivity contribution in [3.63, 3.8) is 0 Å². The minimum atomic E-state index is 0.210. The molecule has 0 aliphatic rings. The van der Waals surface area contributed by atoms with Gasteiger partial charge in [-0.1, -0.05) is 45.0 Å². The van der Waals surface area contributed by atoms with Gasteiger partial charge in [-0.3, -0.25) is 0 Å². The molecule has 3 heteroatoms. The largest absolute Gasteiger partial charge is 0.240 e. The Balaban J connectivity index is 2.34. The molecule has 2 rings (SSSR count). The molecule has 0 fully saturated rings. The number of hydrogen-bond donors (Lipinski definition) is 0. The molecule has 0 bridgehead atoms. The van der Waals surface area contributed by atoms with Crippen molar-refractivity contribution >= 4 is 23.1 Å². The van der Waals surface area contributed by atoms with Crippen LogP contribution in [0.25, 0.3) is 10.6 Å². The Labute approximate surface area is 118 Å². The summed E-state index contributed by atoms with van der Waals surface area (Å²) in [4.78, 5) is 4.64. The Bertz CT molecular complexity index is 533. The van der Waals surface area contributed by atoms with Gasteiger partial charge >= 0.3 is 0 Å². The number of rotatable bonds is 2. The van der Waals surface area contributed by atoms with Crippen molar-refractivity contribution in [1.29, 1.82) is 0 Å². The number of hydrogen-bond acceptors (Lipinski definition) is 3. The summed E-state index contributed by atoms with van der Waals surface area (Å²) in [5.74, 6) is 0. The molecule has 0 spiro atoms. The van der Waals surface area contributed by atoms with Crippen LogP contribution in [-0.4, -0.2) is 11.2 Å². The van der Waals surface area contributed by atoms with Crippen LogP contribution in [0, 0.1) is 6.92 Å². The maximum absolute atomic E-state index is 4.64. The van der Waals surface area contributed by atoms with Crippen LogP contribution in [-0.2, 0) is 5.41 Å². The molecular weight excluding hydrogens is 258 g/mol. The highest BCUT2D eigenvalue weighted by molar-refractivity contribution is 8.00. The van der Waals surface area contributed by atoms with E-state index >= 15 is 0 Å². The van der Waals surface area contributed by atoms with Gasteiger partial charge in [0, 0.05) is 5.56 Å². The van der Waals surface area contributed by atoms with Crippen molar-refractivity contribution in [2.45, 2.75) is 37.3 Å². The highest BCUT2D eigenvalue weighted by Gasteiger charge is 2.14. The normalized spacial score (nSPS) is 11.8. The second kappa shape index (κ2) is 5.06. The molecule has 2 aromatic rings. The zero-order valence-corrected chi connectivity index (χ0v) is 13.2. The van der Waals surface area contributed by atoms with E-state index in [0.717, 1.165) is 10.7 Å². The summed E-state index contributed by atoms with van der Waals surface area (Å²) in [6, 6.07) is 8.79. The average Bonchev–Trinajstić information content (AvgIpc) is 2.69. The predicted molar refractivity (Wildman–Crippen MR) is 82.8 cm³/mol. The van der Waals surface area contributed by atoms with Gasteiger partial charge in [0.15, 0.2) is 0 Å². The summed E-state index contributed by atoms with van der Waals surface area (Å²) < 4.78 is 1.31. The fourth-order valence-corrected chi connectivity index (χ4v) is 3.52. The molecule has 0 amide bonds. The Morgan fingerprint density at radius 2 is 1.72 bits per heavy atom. The molecule has 0 N–H and O–H groups in total. The maximum atomic E-state index is 4.64. The molecule has 0 saturated carbocycles. The van der Waals surface area contributed by atoms with E-state index in [1.165, 1.54) is 15.3 Å². The van der Waals surface area contributed by atoms with E-state index < -0.39 is 0 Å². The van der Waals surface area contributed by atoms with Crippen LogP contribution in [0.2, 0.25) is 0 Å². The van der Waals surface area contributed by atoms with Crippen LogP contribution >= 0.6 is 23.1 Å². The number of nitrogens with zero attached hydrogens (tertiary/aromatic N) is 1. The molecule has 0 saturated heterocycles. The van der Waals surface area contributed by atoms with Crippen molar-refractivity contribution in [2.75, 3.05) is 6.26 Å². The molecule has 1 aromatic carbocycles. The summed E-state index contributed by atoms with van der Waals surface area (Å²) in [7, 11) is 0. The molecule has 1 heterocycles. The van der Waals surface area contributed by atoms with Crippen molar-refractivity contribution in [2.24, 2.45) is 0 Å². The first kappa shape index (κ1) is 13.6. The second-order valence-electron chi connectivity index (χ2n) is 5.42. The predicted octanol–water partition coefficient (Wildman–Crippen LogP) is 5.14. The summed E-state index contributed by atoms with van der Waals surface area (Å²) in [5.41, 5.74) is 3.94. The molecule has 1 aromatic heterocycles. The standard InChI is InChI=1S/C15H19NS2/c1-10-14(17-5)18-13(16-10)11-6-8-12(9-7-11)15(2,3)4/h6-9H,1-5H3. The Morgan fingerprint density at radius 3 is 2.17 bits per heavy atom. The van der Waals surface area contributed by atoms with Crippen molar-refractivity contribution in [3.8, 4) is 10.6 Å². The second-order valence-corrected chi connectivity index (χ2v) is 7.50.